The number of likely N-dealkylation sites (tertiary alicyclic amines) is 1. The van der Waals surface area contributed by atoms with Crippen LogP contribution < -0.4 is 0 Å². The van der Waals surface area contributed by atoms with Crippen LogP contribution >= 0.6 is 0 Å². The summed E-state index contributed by atoms with van der Waals surface area (Å²) in [5, 5.41) is 0. The zero-order valence-electron chi connectivity index (χ0n) is 19.7. The fourth-order valence-corrected chi connectivity index (χ4v) is 3.61. The van der Waals surface area contributed by atoms with E-state index in [1.165, 1.54) is 6.92 Å². The lowest BCUT2D eigenvalue weighted by atomic mass is 10.0. The second-order valence-corrected chi connectivity index (χ2v) is 8.32. The summed E-state index contributed by atoms with van der Waals surface area (Å²) >= 11 is 0. The number of benzene rings is 1. The Balaban J connectivity index is 0.000000407. The third-order valence-electron chi connectivity index (χ3n) is 5.27. The summed E-state index contributed by atoms with van der Waals surface area (Å²) in [6, 6.07) is 9.78. The van der Waals surface area contributed by atoms with Crippen molar-refractivity contribution < 1.29 is 18.0 Å². The van der Waals surface area contributed by atoms with Crippen molar-refractivity contribution in [2.45, 2.75) is 91.3 Å². The van der Waals surface area contributed by atoms with Gasteiger partial charge in [0.05, 0.1) is 6.04 Å². The van der Waals surface area contributed by atoms with E-state index in [0.717, 1.165) is 17.6 Å². The van der Waals surface area contributed by atoms with E-state index in [-0.39, 0.29) is 24.7 Å². The molecule has 1 aliphatic rings. The van der Waals surface area contributed by atoms with E-state index in [2.05, 4.69) is 4.99 Å². The Morgan fingerprint density at radius 3 is 2.19 bits per heavy atom. The maximum Gasteiger partial charge on any atom is 0.248 e. The second kappa shape index (κ2) is 12.7. The monoisotopic (exact) mass is 438 g/mol. The topological polar surface area (TPSA) is 32.7 Å². The minimum Gasteiger partial charge on any atom is -0.353 e. The second-order valence-electron chi connectivity index (χ2n) is 8.32. The number of halogens is 3. The van der Waals surface area contributed by atoms with E-state index in [4.69, 9.17) is 0 Å². The van der Waals surface area contributed by atoms with Crippen LogP contribution in [0.25, 0.3) is 0 Å². The molecule has 3 nitrogen and oxygen atoms in total. The van der Waals surface area contributed by atoms with Crippen molar-refractivity contribution in [2.24, 2.45) is 4.99 Å². The Hall–Kier alpha value is -2.11. The average molecular weight is 439 g/mol. The van der Waals surface area contributed by atoms with Crippen LogP contribution in [0, 0.1) is 0 Å². The molecule has 1 fully saturated rings. The van der Waals surface area contributed by atoms with Crippen molar-refractivity contribution in [1.29, 1.82) is 0 Å². The van der Waals surface area contributed by atoms with Gasteiger partial charge in [-0.2, -0.15) is 0 Å². The van der Waals surface area contributed by atoms with Crippen molar-refractivity contribution in [1.82, 2.24) is 4.90 Å². The predicted molar refractivity (Wildman–Crippen MR) is 122 cm³/mol. The number of aliphatic imine (C=N–C) groups is 1. The first-order valence-electron chi connectivity index (χ1n) is 11.1. The number of unbranched alkanes of at least 4 members (excludes halogenated alkanes) is 1. The SMILES string of the molecule is CC(=O)C(N=C1C(F)CC(c2ccccc2)N1C)=C(C)C.CCCCC(F)(F)CCC. The van der Waals surface area contributed by atoms with Gasteiger partial charge in [-0.25, -0.2) is 18.2 Å². The van der Waals surface area contributed by atoms with Crippen molar-refractivity contribution in [3.05, 3.63) is 47.2 Å². The van der Waals surface area contributed by atoms with Crippen LogP contribution in [0.15, 0.2) is 46.6 Å². The molecule has 0 aliphatic carbocycles. The molecule has 6 heteroatoms. The molecule has 0 spiro atoms. The van der Waals surface area contributed by atoms with Gasteiger partial charge in [0.25, 0.3) is 0 Å². The van der Waals surface area contributed by atoms with Crippen LogP contribution in [0.4, 0.5) is 13.2 Å². The zero-order chi connectivity index (χ0) is 23.6. The summed E-state index contributed by atoms with van der Waals surface area (Å²) in [5.41, 5.74) is 2.22. The molecule has 1 aliphatic heterocycles. The molecule has 2 rings (SSSR count). The van der Waals surface area contributed by atoms with Gasteiger partial charge in [-0.3, -0.25) is 4.79 Å². The maximum absolute atomic E-state index is 14.4. The van der Waals surface area contributed by atoms with E-state index >= 15 is 0 Å². The number of ketones is 1. The Kier molecular flexibility index (Phi) is 11.0. The standard InChI is InChI=1S/C17H21FN2O.C8H16F2/c1-11(2)16(12(3)21)19-17-14(18)10-15(20(17)4)13-8-6-5-7-9-13;1-3-5-7-8(9,10)6-4-2/h5-9,14-15H,10H2,1-4H3;3-7H2,1-2H3. The molecule has 2 atom stereocenters. The largest absolute Gasteiger partial charge is 0.353 e. The molecular weight excluding hydrogens is 401 g/mol. The molecule has 1 heterocycles. The molecule has 1 aromatic carbocycles. The number of allylic oxidation sites excluding steroid dienone is 2. The van der Waals surface area contributed by atoms with Crippen molar-refractivity contribution in [3.8, 4) is 0 Å². The van der Waals surface area contributed by atoms with Gasteiger partial charge in [0.15, 0.2) is 12.0 Å². The Morgan fingerprint density at radius 1 is 1.10 bits per heavy atom. The van der Waals surface area contributed by atoms with Gasteiger partial charge in [0.1, 0.15) is 11.5 Å². The summed E-state index contributed by atoms with van der Waals surface area (Å²) in [5.74, 6) is -2.19. The highest BCUT2D eigenvalue weighted by Gasteiger charge is 2.36. The zero-order valence-corrected chi connectivity index (χ0v) is 19.7. The van der Waals surface area contributed by atoms with Crippen molar-refractivity contribution >= 4 is 11.6 Å². The highest BCUT2D eigenvalue weighted by Crippen LogP contribution is 2.34. The van der Waals surface area contributed by atoms with Crippen LogP contribution in [0.5, 0.6) is 0 Å². The highest BCUT2D eigenvalue weighted by molar-refractivity contribution is 5.99. The number of Topliss-reactive ketones (excluding diaryl/α,β-unsaturated/α-hetero) is 1. The van der Waals surface area contributed by atoms with Gasteiger partial charge in [-0.1, -0.05) is 57.0 Å². The number of alkyl halides is 3. The molecule has 0 amide bonds. The molecule has 31 heavy (non-hydrogen) atoms. The van der Waals surface area contributed by atoms with Crippen LogP contribution in [0.1, 0.15) is 84.7 Å². The maximum atomic E-state index is 14.4. The summed E-state index contributed by atoms with van der Waals surface area (Å²) in [6.07, 6.45) is 1.43. The fourth-order valence-electron chi connectivity index (χ4n) is 3.61. The summed E-state index contributed by atoms with van der Waals surface area (Å²) < 4.78 is 39.6. The number of hydrogen-bond acceptors (Lipinski definition) is 2. The normalized spacial score (nSPS) is 19.8. The first-order valence-corrected chi connectivity index (χ1v) is 11.1. The number of rotatable bonds is 8. The van der Waals surface area contributed by atoms with Crippen molar-refractivity contribution in [2.75, 3.05) is 7.05 Å². The molecule has 1 saturated heterocycles. The van der Waals surface area contributed by atoms with Gasteiger partial charge in [-0.05, 0) is 31.4 Å². The van der Waals surface area contributed by atoms with Gasteiger partial charge < -0.3 is 4.90 Å². The van der Waals surface area contributed by atoms with Gasteiger partial charge in [-0.15, -0.1) is 0 Å². The lowest BCUT2D eigenvalue weighted by Crippen LogP contribution is -2.26. The minimum atomic E-state index is -2.40. The van der Waals surface area contributed by atoms with Gasteiger partial charge in [0.2, 0.25) is 5.92 Å². The number of nitrogens with zero attached hydrogens (tertiary/aromatic N) is 2. The molecule has 0 N–H and O–H groups in total. The Labute approximate surface area is 185 Å². The van der Waals surface area contributed by atoms with E-state index < -0.39 is 12.1 Å². The molecular formula is C25H37F3N2O. The molecule has 0 aromatic heterocycles. The third kappa shape index (κ3) is 8.50. The Bertz CT molecular complexity index is 755. The smallest absolute Gasteiger partial charge is 0.248 e. The van der Waals surface area contributed by atoms with Crippen LogP contribution in [0.3, 0.4) is 0 Å². The number of carbonyl (C=O) groups excluding carboxylic acids is 1. The number of hydrogen-bond donors (Lipinski definition) is 0. The summed E-state index contributed by atoms with van der Waals surface area (Å²) in [7, 11) is 1.83. The molecule has 0 saturated carbocycles. The minimum absolute atomic E-state index is 0.0367. The molecule has 0 bridgehead atoms. The summed E-state index contributed by atoms with van der Waals surface area (Å²) in [6.45, 7) is 8.82. The Morgan fingerprint density at radius 2 is 1.71 bits per heavy atom. The third-order valence-corrected chi connectivity index (χ3v) is 5.27. The van der Waals surface area contributed by atoms with E-state index in [1.54, 1.807) is 6.92 Å². The molecule has 1 aromatic rings. The highest BCUT2D eigenvalue weighted by atomic mass is 19.3. The summed E-state index contributed by atoms with van der Waals surface area (Å²) in [4.78, 5) is 17.8. The van der Waals surface area contributed by atoms with E-state index in [0.29, 0.717) is 30.8 Å². The van der Waals surface area contributed by atoms with Gasteiger partial charge in [0, 0.05) is 33.2 Å². The van der Waals surface area contributed by atoms with Crippen LogP contribution in [0.2, 0.25) is 0 Å². The number of carbonyl (C=O) groups is 1. The van der Waals surface area contributed by atoms with Gasteiger partial charge >= 0.3 is 0 Å². The number of amidine groups is 1. The van der Waals surface area contributed by atoms with Crippen LogP contribution in [-0.4, -0.2) is 35.7 Å². The average Bonchev–Trinajstić information content (AvgIpc) is 2.99. The van der Waals surface area contributed by atoms with Crippen molar-refractivity contribution in [3.63, 3.8) is 0 Å². The molecule has 2 unspecified atom stereocenters. The van der Waals surface area contributed by atoms with Crippen LogP contribution in [-0.2, 0) is 4.79 Å². The first kappa shape index (κ1) is 26.9. The fraction of sp³-hybridized carbons (Fsp3) is 0.600. The molecule has 0 radical (unpaired) electrons. The lowest BCUT2D eigenvalue weighted by Gasteiger charge is -2.22. The quantitative estimate of drug-likeness (QED) is 0.399. The lowest BCUT2D eigenvalue weighted by molar-refractivity contribution is -0.113. The molecule has 174 valence electrons. The van der Waals surface area contributed by atoms with E-state index in [9.17, 15) is 18.0 Å². The predicted octanol–water partition coefficient (Wildman–Crippen LogP) is 7.29. The van der Waals surface area contributed by atoms with E-state index in [1.807, 2.05) is 63.1 Å². The first-order chi connectivity index (χ1) is 14.5.